The molecule has 0 bridgehead atoms. The zero-order valence-electron chi connectivity index (χ0n) is 10.8. The Morgan fingerprint density at radius 1 is 1.17 bits per heavy atom. The molecule has 1 aliphatic rings. The van der Waals surface area contributed by atoms with Gasteiger partial charge in [-0.1, -0.05) is 22.5 Å². The number of likely N-dealkylation sites (N-methyl/N-ethyl adjacent to an activating group) is 1. The Bertz CT molecular complexity index is 491. The summed E-state index contributed by atoms with van der Waals surface area (Å²) >= 11 is 0. The van der Waals surface area contributed by atoms with Gasteiger partial charge in [0.05, 0.1) is 4.90 Å². The van der Waals surface area contributed by atoms with Crippen molar-refractivity contribution in [1.82, 2.24) is 9.73 Å². The molecule has 0 saturated carbocycles. The summed E-state index contributed by atoms with van der Waals surface area (Å²) < 4.78 is 24.3. The fourth-order valence-electron chi connectivity index (χ4n) is 1.96. The Kier molecular flexibility index (Phi) is 4.01. The van der Waals surface area contributed by atoms with Crippen LogP contribution in [-0.4, -0.2) is 46.5 Å². The molecule has 6 heteroatoms. The molecule has 1 saturated heterocycles. The maximum absolute atomic E-state index is 12.1. The van der Waals surface area contributed by atoms with Crippen LogP contribution in [0, 0.1) is 6.92 Å². The molecule has 1 aromatic rings. The zero-order chi connectivity index (χ0) is 13.2. The summed E-state index contributed by atoms with van der Waals surface area (Å²) in [4.78, 5) is 5.24. The SMILES string of the molecule is Cc1ccc(S(=O)(=O)N[NH+]2CCN(C)CC2)cc1. The molecule has 1 aromatic carbocycles. The fourth-order valence-corrected chi connectivity index (χ4v) is 3.15. The van der Waals surface area contributed by atoms with Crippen LogP contribution in [0.15, 0.2) is 29.2 Å². The number of quaternary nitrogens is 1. The van der Waals surface area contributed by atoms with E-state index < -0.39 is 10.0 Å². The average molecular weight is 270 g/mol. The molecular formula is C12H20N3O2S+. The number of aryl methyl sites for hydroxylation is 1. The van der Waals surface area contributed by atoms with Crippen LogP contribution in [0.25, 0.3) is 0 Å². The molecule has 18 heavy (non-hydrogen) atoms. The Balaban J connectivity index is 2.05. The standard InChI is InChI=1S/C12H19N3O2S/c1-11-3-5-12(6-4-11)18(16,17)13-15-9-7-14(2)8-10-15/h3-6,13H,7-10H2,1-2H3/p+1. The topological polar surface area (TPSA) is 53.9 Å². The van der Waals surface area contributed by atoms with Gasteiger partial charge in [0, 0.05) is 13.1 Å². The molecule has 0 radical (unpaired) electrons. The quantitative estimate of drug-likeness (QED) is 0.742. The summed E-state index contributed by atoms with van der Waals surface area (Å²) in [7, 11) is -1.35. The Morgan fingerprint density at radius 2 is 1.72 bits per heavy atom. The third kappa shape index (κ3) is 3.29. The average Bonchev–Trinajstić information content (AvgIpc) is 2.32. The van der Waals surface area contributed by atoms with E-state index in [0.717, 1.165) is 36.8 Å². The smallest absolute Gasteiger partial charge is 0.282 e. The van der Waals surface area contributed by atoms with Crippen molar-refractivity contribution in [3.63, 3.8) is 0 Å². The van der Waals surface area contributed by atoms with Crippen molar-refractivity contribution in [3.05, 3.63) is 29.8 Å². The minimum atomic E-state index is -3.40. The predicted molar refractivity (Wildman–Crippen MR) is 69.7 cm³/mol. The van der Waals surface area contributed by atoms with Crippen LogP contribution in [0.4, 0.5) is 0 Å². The molecule has 0 aliphatic carbocycles. The van der Waals surface area contributed by atoms with Gasteiger partial charge in [0.2, 0.25) is 0 Å². The molecule has 2 rings (SSSR count). The lowest BCUT2D eigenvalue weighted by Crippen LogP contribution is -3.21. The van der Waals surface area contributed by atoms with Crippen molar-refractivity contribution >= 4 is 10.0 Å². The summed E-state index contributed by atoms with van der Waals surface area (Å²) in [5.41, 5.74) is 1.06. The van der Waals surface area contributed by atoms with E-state index in [1.165, 1.54) is 0 Å². The van der Waals surface area contributed by atoms with Crippen molar-refractivity contribution in [2.45, 2.75) is 11.8 Å². The molecule has 1 heterocycles. The first-order chi connectivity index (χ1) is 8.47. The van der Waals surface area contributed by atoms with Crippen molar-refractivity contribution in [3.8, 4) is 0 Å². The Labute approximate surface area is 108 Å². The molecule has 0 aromatic heterocycles. The van der Waals surface area contributed by atoms with E-state index in [9.17, 15) is 8.42 Å². The fraction of sp³-hybridized carbons (Fsp3) is 0.500. The highest BCUT2D eigenvalue weighted by molar-refractivity contribution is 7.89. The monoisotopic (exact) mass is 270 g/mol. The first kappa shape index (κ1) is 13.5. The number of hydrogen-bond donors (Lipinski definition) is 2. The highest BCUT2D eigenvalue weighted by atomic mass is 32.2. The van der Waals surface area contributed by atoms with E-state index in [-0.39, 0.29) is 0 Å². The van der Waals surface area contributed by atoms with Gasteiger partial charge in [-0.15, -0.1) is 0 Å². The highest BCUT2D eigenvalue weighted by Gasteiger charge is 2.24. The van der Waals surface area contributed by atoms with E-state index in [1.807, 2.05) is 26.1 Å². The van der Waals surface area contributed by atoms with Crippen molar-refractivity contribution < 1.29 is 13.4 Å². The molecule has 0 unspecified atom stereocenters. The van der Waals surface area contributed by atoms with Crippen LogP contribution in [0.3, 0.4) is 0 Å². The summed E-state index contributed by atoms with van der Waals surface area (Å²) in [6.45, 7) is 5.34. The molecule has 0 atom stereocenters. The predicted octanol–water partition coefficient (Wildman–Crippen LogP) is -0.981. The third-order valence-electron chi connectivity index (χ3n) is 3.20. The Morgan fingerprint density at radius 3 is 2.28 bits per heavy atom. The van der Waals surface area contributed by atoms with Gasteiger partial charge >= 0.3 is 0 Å². The highest BCUT2D eigenvalue weighted by Crippen LogP contribution is 2.08. The summed E-state index contributed by atoms with van der Waals surface area (Å²) in [6, 6.07) is 6.92. The van der Waals surface area contributed by atoms with Crippen LogP contribution < -0.4 is 9.84 Å². The van der Waals surface area contributed by atoms with Crippen LogP contribution in [0.5, 0.6) is 0 Å². The van der Waals surface area contributed by atoms with Gasteiger partial charge in [0.15, 0.2) is 0 Å². The minimum Gasteiger partial charge on any atom is -0.295 e. The number of nitrogens with zero attached hydrogens (tertiary/aromatic N) is 1. The van der Waals surface area contributed by atoms with Gasteiger partial charge in [-0.25, -0.2) is 13.4 Å². The van der Waals surface area contributed by atoms with Crippen molar-refractivity contribution in [2.75, 3.05) is 33.2 Å². The maximum Gasteiger partial charge on any atom is 0.282 e. The summed E-state index contributed by atoms with van der Waals surface area (Å²) in [5.74, 6) is 0. The van der Waals surface area contributed by atoms with E-state index >= 15 is 0 Å². The molecule has 1 fully saturated rings. The van der Waals surface area contributed by atoms with Gasteiger partial charge in [-0.3, -0.25) is 4.90 Å². The van der Waals surface area contributed by atoms with Gasteiger partial charge in [-0.05, 0) is 26.1 Å². The number of sulfonamides is 1. The van der Waals surface area contributed by atoms with E-state index in [2.05, 4.69) is 9.73 Å². The lowest BCUT2D eigenvalue weighted by molar-refractivity contribution is -0.934. The number of piperazine rings is 1. The second-order valence-electron chi connectivity index (χ2n) is 4.83. The third-order valence-corrected chi connectivity index (χ3v) is 4.65. The van der Waals surface area contributed by atoms with Crippen LogP contribution in [0.1, 0.15) is 5.56 Å². The normalized spacial score (nSPS) is 19.0. The lowest BCUT2D eigenvalue weighted by Gasteiger charge is -2.28. The van der Waals surface area contributed by atoms with Gasteiger partial charge in [0.1, 0.15) is 13.1 Å². The minimum absolute atomic E-state index is 0.333. The van der Waals surface area contributed by atoms with Crippen LogP contribution in [-0.2, 0) is 10.0 Å². The van der Waals surface area contributed by atoms with Crippen molar-refractivity contribution in [2.24, 2.45) is 0 Å². The molecule has 5 nitrogen and oxygen atoms in total. The van der Waals surface area contributed by atoms with Gasteiger partial charge in [0.25, 0.3) is 10.0 Å². The summed E-state index contributed by atoms with van der Waals surface area (Å²) in [6.07, 6.45) is 0. The summed E-state index contributed by atoms with van der Waals surface area (Å²) in [5, 5.41) is 0.911. The largest absolute Gasteiger partial charge is 0.295 e. The first-order valence-corrected chi connectivity index (χ1v) is 7.58. The van der Waals surface area contributed by atoms with Crippen molar-refractivity contribution in [1.29, 1.82) is 0 Å². The van der Waals surface area contributed by atoms with E-state index in [0.29, 0.717) is 4.90 Å². The van der Waals surface area contributed by atoms with Crippen LogP contribution >= 0.6 is 0 Å². The first-order valence-electron chi connectivity index (χ1n) is 6.10. The molecular weight excluding hydrogens is 250 g/mol. The van der Waals surface area contributed by atoms with E-state index in [4.69, 9.17) is 0 Å². The Hall–Kier alpha value is -0.950. The molecule has 0 spiro atoms. The zero-order valence-corrected chi connectivity index (χ0v) is 11.6. The number of nitrogens with one attached hydrogen (secondary N) is 2. The van der Waals surface area contributed by atoms with Gasteiger partial charge in [-0.2, -0.15) is 0 Å². The number of rotatable bonds is 3. The molecule has 1 aliphatic heterocycles. The number of hydrogen-bond acceptors (Lipinski definition) is 3. The molecule has 2 N–H and O–H groups in total. The molecule has 100 valence electrons. The second-order valence-corrected chi connectivity index (χ2v) is 6.51. The maximum atomic E-state index is 12.1. The second kappa shape index (κ2) is 5.36. The lowest BCUT2D eigenvalue weighted by atomic mass is 10.2. The van der Waals surface area contributed by atoms with E-state index in [1.54, 1.807) is 12.1 Å². The van der Waals surface area contributed by atoms with Crippen LogP contribution in [0.2, 0.25) is 0 Å². The number of benzene rings is 1. The van der Waals surface area contributed by atoms with Gasteiger partial charge < -0.3 is 0 Å². The molecule has 0 amide bonds.